The average Bonchev–Trinajstić information content (AvgIpc) is 3.22. The Kier molecular flexibility index (Phi) is 5.02. The van der Waals surface area contributed by atoms with Gasteiger partial charge in [-0.25, -0.2) is 0 Å². The standard InChI is InChI=1S/C37H24BrNO2/c1-37(2)30-8-4-3-6-27(30)28-15-12-22(20-31(28)37)26-7-5-9-33(39(40)41)35(26)25-18-23-11-10-21-14-17-32(38)29-16-13-24(19-25)34(23)36(21)29/h3-20H,1-2H3. The molecule has 3 nitrogen and oxygen atoms in total. The van der Waals surface area contributed by atoms with Crippen LogP contribution in [0.5, 0.6) is 0 Å². The van der Waals surface area contributed by atoms with Gasteiger partial charge in [0.05, 0.1) is 10.5 Å². The van der Waals surface area contributed by atoms with Crippen LogP contribution in [0.4, 0.5) is 5.69 Å². The molecule has 0 bridgehead atoms. The molecule has 0 aromatic heterocycles. The van der Waals surface area contributed by atoms with Gasteiger partial charge in [-0.15, -0.1) is 0 Å². The number of benzene rings is 7. The minimum atomic E-state index is -0.257. The lowest BCUT2D eigenvalue weighted by Crippen LogP contribution is -2.14. The maximum absolute atomic E-state index is 12.4. The van der Waals surface area contributed by atoms with Gasteiger partial charge in [0, 0.05) is 16.0 Å². The second kappa shape index (κ2) is 8.48. The van der Waals surface area contributed by atoms with E-state index in [9.17, 15) is 10.1 Å². The van der Waals surface area contributed by atoms with Gasteiger partial charge in [0.25, 0.3) is 5.69 Å². The van der Waals surface area contributed by atoms with E-state index in [0.29, 0.717) is 5.56 Å². The smallest absolute Gasteiger partial charge is 0.258 e. The molecule has 0 N–H and O–H groups in total. The Morgan fingerprint density at radius 2 is 1.32 bits per heavy atom. The molecule has 7 aromatic carbocycles. The maximum atomic E-state index is 12.4. The number of nitrogens with zero attached hydrogens (tertiary/aromatic N) is 1. The molecule has 0 fully saturated rings. The van der Waals surface area contributed by atoms with Crippen LogP contribution in [0, 0.1) is 10.1 Å². The first kappa shape index (κ1) is 24.3. The molecule has 1 aliphatic rings. The third kappa shape index (κ3) is 3.37. The molecular weight excluding hydrogens is 570 g/mol. The van der Waals surface area contributed by atoms with Gasteiger partial charge in [0.2, 0.25) is 0 Å². The Bertz CT molecular complexity index is 2210. The Hall–Kier alpha value is -4.54. The van der Waals surface area contributed by atoms with Crippen molar-refractivity contribution in [3.05, 3.63) is 135 Å². The second-order valence-corrected chi connectivity index (χ2v) is 12.4. The van der Waals surface area contributed by atoms with Crippen LogP contribution < -0.4 is 0 Å². The lowest BCUT2D eigenvalue weighted by molar-refractivity contribution is -0.384. The molecule has 0 saturated carbocycles. The van der Waals surface area contributed by atoms with Crippen LogP contribution in [0.15, 0.2) is 114 Å². The van der Waals surface area contributed by atoms with Gasteiger partial charge in [0.1, 0.15) is 0 Å². The summed E-state index contributed by atoms with van der Waals surface area (Å²) in [5.74, 6) is 0. The zero-order chi connectivity index (χ0) is 28.0. The van der Waals surface area contributed by atoms with E-state index in [-0.39, 0.29) is 16.0 Å². The van der Waals surface area contributed by atoms with E-state index in [4.69, 9.17) is 0 Å². The summed E-state index contributed by atoms with van der Waals surface area (Å²) in [5.41, 5.74) is 8.35. The minimum Gasteiger partial charge on any atom is -0.258 e. The lowest BCUT2D eigenvalue weighted by atomic mass is 9.81. The number of hydrogen-bond acceptors (Lipinski definition) is 2. The predicted octanol–water partition coefficient (Wildman–Crippen LogP) is 10.9. The van der Waals surface area contributed by atoms with E-state index < -0.39 is 0 Å². The SMILES string of the molecule is CC1(C)c2ccccc2-c2ccc(-c3cccc([N+](=O)[O-])c3-c3cc4ccc5ccc(Br)c6ccc(c3)c4c56)cc21. The first-order valence-electron chi connectivity index (χ1n) is 13.7. The van der Waals surface area contributed by atoms with Crippen LogP contribution >= 0.6 is 15.9 Å². The van der Waals surface area contributed by atoms with Crippen LogP contribution in [0.1, 0.15) is 25.0 Å². The fourth-order valence-corrected chi connectivity index (χ4v) is 7.50. The highest BCUT2D eigenvalue weighted by atomic mass is 79.9. The summed E-state index contributed by atoms with van der Waals surface area (Å²) in [4.78, 5) is 12.2. The first-order chi connectivity index (χ1) is 19.8. The molecule has 0 saturated heterocycles. The van der Waals surface area contributed by atoms with Gasteiger partial charge in [-0.3, -0.25) is 10.1 Å². The molecule has 196 valence electrons. The zero-order valence-electron chi connectivity index (χ0n) is 22.5. The molecule has 0 heterocycles. The quantitative estimate of drug-likeness (QED) is 0.116. The molecule has 0 atom stereocenters. The zero-order valence-corrected chi connectivity index (χ0v) is 24.1. The normalized spacial score (nSPS) is 13.6. The largest absolute Gasteiger partial charge is 0.277 e. The summed E-state index contributed by atoms with van der Waals surface area (Å²) in [6.07, 6.45) is 0. The molecule has 0 amide bonds. The van der Waals surface area contributed by atoms with Gasteiger partial charge < -0.3 is 0 Å². The summed E-state index contributed by atoms with van der Waals surface area (Å²) in [6, 6.07) is 37.5. The van der Waals surface area contributed by atoms with Crippen molar-refractivity contribution in [3.8, 4) is 33.4 Å². The van der Waals surface area contributed by atoms with Gasteiger partial charge in [-0.1, -0.05) is 109 Å². The highest BCUT2D eigenvalue weighted by Gasteiger charge is 2.35. The number of halogens is 1. The van der Waals surface area contributed by atoms with Crippen LogP contribution in [0.25, 0.3) is 65.7 Å². The van der Waals surface area contributed by atoms with E-state index in [1.807, 2.05) is 6.07 Å². The van der Waals surface area contributed by atoms with E-state index >= 15 is 0 Å². The van der Waals surface area contributed by atoms with Gasteiger partial charge >= 0.3 is 0 Å². The van der Waals surface area contributed by atoms with Crippen molar-refractivity contribution < 1.29 is 4.92 Å². The van der Waals surface area contributed by atoms with Crippen molar-refractivity contribution in [2.75, 3.05) is 0 Å². The molecule has 0 aliphatic heterocycles. The Balaban J connectivity index is 1.39. The highest BCUT2D eigenvalue weighted by molar-refractivity contribution is 9.10. The van der Waals surface area contributed by atoms with Crippen LogP contribution in [0.3, 0.4) is 0 Å². The predicted molar refractivity (Wildman–Crippen MR) is 173 cm³/mol. The van der Waals surface area contributed by atoms with Gasteiger partial charge in [-0.05, 0) is 95.5 Å². The monoisotopic (exact) mass is 593 g/mol. The summed E-state index contributed by atoms with van der Waals surface area (Å²) >= 11 is 3.72. The molecule has 0 unspecified atom stereocenters. The topological polar surface area (TPSA) is 43.1 Å². The summed E-state index contributed by atoms with van der Waals surface area (Å²) in [6.45, 7) is 4.51. The first-order valence-corrected chi connectivity index (χ1v) is 14.5. The number of nitro benzene ring substituents is 1. The van der Waals surface area contributed by atoms with Crippen LogP contribution in [-0.4, -0.2) is 4.92 Å². The molecule has 7 aromatic rings. The summed E-state index contributed by atoms with van der Waals surface area (Å²) in [5, 5.41) is 19.3. The van der Waals surface area contributed by atoms with Crippen molar-refractivity contribution in [1.29, 1.82) is 0 Å². The molecule has 0 radical (unpaired) electrons. The summed E-state index contributed by atoms with van der Waals surface area (Å²) in [7, 11) is 0. The van der Waals surface area contributed by atoms with Crippen molar-refractivity contribution in [2.24, 2.45) is 0 Å². The fraction of sp³-hybridized carbons (Fsp3) is 0.0811. The molecule has 41 heavy (non-hydrogen) atoms. The van der Waals surface area contributed by atoms with E-state index in [1.165, 1.54) is 43.8 Å². The highest BCUT2D eigenvalue weighted by Crippen LogP contribution is 2.51. The van der Waals surface area contributed by atoms with Crippen LogP contribution in [0.2, 0.25) is 0 Å². The fourth-order valence-electron chi connectivity index (χ4n) is 7.04. The third-order valence-corrected chi connectivity index (χ3v) is 9.66. The number of nitro groups is 1. The Morgan fingerprint density at radius 3 is 2.12 bits per heavy atom. The number of fused-ring (bicyclic) bond motifs is 3. The molecule has 0 spiro atoms. The van der Waals surface area contributed by atoms with Crippen molar-refractivity contribution in [1.82, 2.24) is 0 Å². The molecule has 1 aliphatic carbocycles. The lowest BCUT2D eigenvalue weighted by Gasteiger charge is -2.22. The molecule has 8 rings (SSSR count). The van der Waals surface area contributed by atoms with Crippen molar-refractivity contribution in [3.63, 3.8) is 0 Å². The summed E-state index contributed by atoms with van der Waals surface area (Å²) < 4.78 is 1.06. The average molecular weight is 595 g/mol. The Morgan fingerprint density at radius 1 is 0.634 bits per heavy atom. The number of rotatable bonds is 3. The van der Waals surface area contributed by atoms with Gasteiger partial charge in [0.15, 0.2) is 0 Å². The van der Waals surface area contributed by atoms with Crippen molar-refractivity contribution in [2.45, 2.75) is 19.3 Å². The second-order valence-electron chi connectivity index (χ2n) is 11.5. The third-order valence-electron chi connectivity index (χ3n) is 8.97. The van der Waals surface area contributed by atoms with E-state index in [0.717, 1.165) is 31.9 Å². The maximum Gasteiger partial charge on any atom is 0.277 e. The van der Waals surface area contributed by atoms with E-state index in [1.54, 1.807) is 12.1 Å². The molecule has 4 heteroatoms. The molecular formula is C37H24BrNO2. The minimum absolute atomic E-state index is 0.112. The Labute approximate surface area is 245 Å². The van der Waals surface area contributed by atoms with E-state index in [2.05, 4.69) is 121 Å². The van der Waals surface area contributed by atoms with Gasteiger partial charge in [-0.2, -0.15) is 0 Å². The van der Waals surface area contributed by atoms with Crippen molar-refractivity contribution >= 4 is 53.9 Å². The van der Waals surface area contributed by atoms with Crippen LogP contribution in [-0.2, 0) is 5.41 Å². The number of hydrogen-bond donors (Lipinski definition) is 0.